The Kier molecular flexibility index (Phi) is 12.9. The van der Waals surface area contributed by atoms with Crippen LogP contribution in [0.5, 0.6) is 0 Å². The number of unbranched alkanes of at least 4 members (excludes halogenated alkanes) is 6. The van der Waals surface area contributed by atoms with Crippen molar-refractivity contribution in [3.63, 3.8) is 0 Å². The largest absolute Gasteiger partial charge is 0.464 e. The molecule has 0 aliphatic carbocycles. The zero-order valence-corrected chi connectivity index (χ0v) is 20.1. The Morgan fingerprint density at radius 2 is 1.25 bits per heavy atom. The van der Waals surface area contributed by atoms with Crippen molar-refractivity contribution in [1.82, 2.24) is 4.90 Å². The van der Waals surface area contributed by atoms with E-state index in [2.05, 4.69) is 6.92 Å². The van der Waals surface area contributed by atoms with E-state index < -0.39 is 48.2 Å². The summed E-state index contributed by atoms with van der Waals surface area (Å²) in [6.45, 7) is 8.13. The number of likely N-dealkylation sites (tertiary alicyclic amines) is 1. The number of esters is 4. The molecule has 1 heterocycles. The molecular formula is C23H39NO8. The molecule has 0 aromatic carbocycles. The molecule has 1 aliphatic heterocycles. The van der Waals surface area contributed by atoms with Crippen LogP contribution in [-0.4, -0.2) is 72.8 Å². The maximum absolute atomic E-state index is 11.9. The van der Waals surface area contributed by atoms with Crippen LogP contribution in [0.25, 0.3) is 0 Å². The lowest BCUT2D eigenvalue weighted by molar-refractivity contribution is -0.207. The van der Waals surface area contributed by atoms with E-state index in [0.717, 1.165) is 19.3 Å². The van der Waals surface area contributed by atoms with Crippen LogP contribution in [0.3, 0.4) is 0 Å². The van der Waals surface area contributed by atoms with Gasteiger partial charge in [0.25, 0.3) is 0 Å². The highest BCUT2D eigenvalue weighted by molar-refractivity contribution is 5.68. The van der Waals surface area contributed by atoms with Gasteiger partial charge in [-0.1, -0.05) is 45.4 Å². The Labute approximate surface area is 191 Å². The minimum atomic E-state index is -0.994. The minimum absolute atomic E-state index is 0.0334. The summed E-state index contributed by atoms with van der Waals surface area (Å²) < 4.78 is 21.6. The maximum Gasteiger partial charge on any atom is 0.303 e. The Hall–Kier alpha value is -2.16. The predicted molar refractivity (Wildman–Crippen MR) is 117 cm³/mol. The van der Waals surface area contributed by atoms with Crippen LogP contribution in [-0.2, 0) is 38.1 Å². The van der Waals surface area contributed by atoms with Gasteiger partial charge in [0.1, 0.15) is 6.61 Å². The molecule has 0 N–H and O–H groups in total. The van der Waals surface area contributed by atoms with E-state index in [1.807, 2.05) is 4.90 Å². The van der Waals surface area contributed by atoms with Crippen molar-refractivity contribution in [3.8, 4) is 0 Å². The fourth-order valence-corrected chi connectivity index (χ4v) is 4.03. The summed E-state index contributed by atoms with van der Waals surface area (Å²) in [5, 5.41) is 0. The first-order valence-electron chi connectivity index (χ1n) is 11.5. The summed E-state index contributed by atoms with van der Waals surface area (Å²) in [6, 6.07) is -0.529. The molecule has 0 aromatic heterocycles. The average molecular weight is 458 g/mol. The highest BCUT2D eigenvalue weighted by Crippen LogP contribution is 2.28. The first-order chi connectivity index (χ1) is 15.1. The third-order valence-corrected chi connectivity index (χ3v) is 5.38. The molecule has 32 heavy (non-hydrogen) atoms. The monoisotopic (exact) mass is 457 g/mol. The topological polar surface area (TPSA) is 108 Å². The summed E-state index contributed by atoms with van der Waals surface area (Å²) in [6.07, 6.45) is 5.15. The van der Waals surface area contributed by atoms with Gasteiger partial charge in [-0.15, -0.1) is 0 Å². The Morgan fingerprint density at radius 3 is 1.78 bits per heavy atom. The molecule has 0 spiro atoms. The third kappa shape index (κ3) is 10.4. The van der Waals surface area contributed by atoms with Crippen LogP contribution in [0.1, 0.15) is 79.6 Å². The molecule has 0 bridgehead atoms. The van der Waals surface area contributed by atoms with Gasteiger partial charge in [0.05, 0.1) is 6.04 Å². The van der Waals surface area contributed by atoms with Crippen molar-refractivity contribution in [2.24, 2.45) is 0 Å². The van der Waals surface area contributed by atoms with Crippen LogP contribution < -0.4 is 0 Å². The number of carbonyl (C=O) groups is 4. The summed E-state index contributed by atoms with van der Waals surface area (Å²) in [5.41, 5.74) is 0. The molecule has 1 aliphatic rings. The standard InChI is InChI=1S/C23H39NO8/c1-6-7-8-9-10-11-12-13-24-14-21(30-17(3)26)23(32-19(5)28)22(31-18(4)27)20(24)15-29-16(2)25/h20-23H,6-15H2,1-5H3/t20-,21+,22-,23-/m1/s1. The van der Waals surface area contributed by atoms with Crippen molar-refractivity contribution < 1.29 is 38.1 Å². The zero-order chi connectivity index (χ0) is 24.1. The summed E-state index contributed by atoms with van der Waals surface area (Å²) in [4.78, 5) is 48.8. The normalized spacial score (nSPS) is 23.3. The van der Waals surface area contributed by atoms with Gasteiger partial charge in [0.2, 0.25) is 0 Å². The van der Waals surface area contributed by atoms with Gasteiger partial charge in [0, 0.05) is 34.2 Å². The lowest BCUT2D eigenvalue weighted by Crippen LogP contribution is -2.65. The number of carbonyl (C=O) groups excluding carboxylic acids is 4. The van der Waals surface area contributed by atoms with E-state index in [0.29, 0.717) is 6.54 Å². The van der Waals surface area contributed by atoms with Gasteiger partial charge in [-0.05, 0) is 13.0 Å². The van der Waals surface area contributed by atoms with Crippen molar-refractivity contribution in [2.75, 3.05) is 19.7 Å². The second kappa shape index (κ2) is 14.8. The molecule has 1 saturated heterocycles. The van der Waals surface area contributed by atoms with Crippen LogP contribution in [0, 0.1) is 0 Å². The molecule has 1 rings (SSSR count). The van der Waals surface area contributed by atoms with Crippen molar-refractivity contribution >= 4 is 23.9 Å². The minimum Gasteiger partial charge on any atom is -0.464 e. The van der Waals surface area contributed by atoms with Crippen molar-refractivity contribution in [3.05, 3.63) is 0 Å². The van der Waals surface area contributed by atoms with Gasteiger partial charge in [-0.3, -0.25) is 24.1 Å². The van der Waals surface area contributed by atoms with Gasteiger partial charge in [0.15, 0.2) is 18.3 Å². The van der Waals surface area contributed by atoms with Crippen molar-refractivity contribution in [2.45, 2.75) is 104 Å². The first-order valence-corrected chi connectivity index (χ1v) is 11.5. The quantitative estimate of drug-likeness (QED) is 0.234. The lowest BCUT2D eigenvalue weighted by atomic mass is 9.92. The van der Waals surface area contributed by atoms with Gasteiger partial charge in [-0.25, -0.2) is 0 Å². The molecule has 0 amide bonds. The third-order valence-electron chi connectivity index (χ3n) is 5.38. The van der Waals surface area contributed by atoms with Gasteiger partial charge < -0.3 is 18.9 Å². The van der Waals surface area contributed by atoms with Gasteiger partial charge in [-0.2, -0.15) is 0 Å². The fraction of sp³-hybridized carbons (Fsp3) is 0.826. The number of rotatable bonds is 13. The SMILES string of the molecule is CCCCCCCCCN1C[C@H](OC(C)=O)[C@@H](OC(C)=O)[C@H](OC(C)=O)[C@H]1COC(C)=O. The van der Waals surface area contributed by atoms with E-state index in [4.69, 9.17) is 18.9 Å². The summed E-state index contributed by atoms with van der Waals surface area (Å²) in [7, 11) is 0. The number of piperidine rings is 1. The van der Waals surface area contributed by atoms with Gasteiger partial charge >= 0.3 is 23.9 Å². The second-order valence-electron chi connectivity index (χ2n) is 8.28. The van der Waals surface area contributed by atoms with Crippen LogP contribution in [0.2, 0.25) is 0 Å². The maximum atomic E-state index is 11.9. The molecule has 9 nitrogen and oxygen atoms in total. The molecular weight excluding hydrogens is 418 g/mol. The van der Waals surface area contributed by atoms with E-state index in [-0.39, 0.29) is 13.2 Å². The molecule has 0 unspecified atom stereocenters. The summed E-state index contributed by atoms with van der Waals surface area (Å²) in [5.74, 6) is -2.15. The van der Waals surface area contributed by atoms with Crippen LogP contribution in [0.15, 0.2) is 0 Å². The fourth-order valence-electron chi connectivity index (χ4n) is 4.03. The molecule has 0 saturated carbocycles. The Balaban J connectivity index is 3.02. The van der Waals surface area contributed by atoms with Crippen molar-refractivity contribution in [1.29, 1.82) is 0 Å². The molecule has 4 atom stereocenters. The molecule has 1 fully saturated rings. The highest BCUT2D eigenvalue weighted by Gasteiger charge is 2.49. The van der Waals surface area contributed by atoms with E-state index in [1.165, 1.54) is 53.4 Å². The average Bonchev–Trinajstić information content (AvgIpc) is 2.68. The summed E-state index contributed by atoms with van der Waals surface area (Å²) >= 11 is 0. The molecule has 0 radical (unpaired) electrons. The number of hydrogen-bond donors (Lipinski definition) is 0. The Bertz CT molecular complexity index is 623. The smallest absolute Gasteiger partial charge is 0.303 e. The predicted octanol–water partition coefficient (Wildman–Crippen LogP) is 2.78. The van der Waals surface area contributed by atoms with Crippen LogP contribution >= 0.6 is 0 Å². The van der Waals surface area contributed by atoms with Crippen LogP contribution in [0.4, 0.5) is 0 Å². The van der Waals surface area contributed by atoms with E-state index in [9.17, 15) is 19.2 Å². The molecule has 184 valence electrons. The highest BCUT2D eigenvalue weighted by atomic mass is 16.6. The number of ether oxygens (including phenoxy) is 4. The lowest BCUT2D eigenvalue weighted by Gasteiger charge is -2.46. The number of hydrogen-bond acceptors (Lipinski definition) is 9. The zero-order valence-electron chi connectivity index (χ0n) is 20.1. The first kappa shape index (κ1) is 27.9. The second-order valence-corrected chi connectivity index (χ2v) is 8.28. The molecule has 0 aromatic rings. The Morgan fingerprint density at radius 1 is 0.719 bits per heavy atom. The van der Waals surface area contributed by atoms with E-state index in [1.54, 1.807) is 0 Å². The van der Waals surface area contributed by atoms with E-state index >= 15 is 0 Å². The number of nitrogens with zero attached hydrogens (tertiary/aromatic N) is 1. The molecule has 9 heteroatoms.